The molecule has 2 nitrogen and oxygen atoms in total. The molecule has 0 amide bonds. The van der Waals surface area contributed by atoms with E-state index in [1.807, 2.05) is 0 Å². The maximum absolute atomic E-state index is 6.64. The standard InChI is InChI=1S/C57H37NO/c1-3-22-41(23-4-1)57(42-24-5-2-6-25-42)48-30-13-11-28-46(48)56-49(57)31-17-34-52(56)58(50-33-15-21-38-18-9-10-26-43(38)50)51-32-14-12-27-44(51)45-29-16-35-53-55(45)47-36-39-19-7-8-20-40(39)37-54(47)59-53/h1-37H. The molecule has 1 aliphatic carbocycles. The van der Waals surface area contributed by atoms with Gasteiger partial charge in [0.2, 0.25) is 0 Å². The summed E-state index contributed by atoms with van der Waals surface area (Å²) in [5.41, 5.74) is 14.4. The van der Waals surface area contributed by atoms with Crippen LogP contribution >= 0.6 is 0 Å². The molecule has 0 atom stereocenters. The summed E-state index contributed by atoms with van der Waals surface area (Å²) in [4.78, 5) is 2.52. The summed E-state index contributed by atoms with van der Waals surface area (Å²) in [6, 6.07) is 81.9. The van der Waals surface area contributed by atoms with Crippen LogP contribution in [0.5, 0.6) is 0 Å². The van der Waals surface area contributed by atoms with Gasteiger partial charge in [0.25, 0.3) is 0 Å². The van der Waals surface area contributed by atoms with Crippen LogP contribution in [-0.4, -0.2) is 0 Å². The molecular weight excluding hydrogens is 715 g/mol. The maximum atomic E-state index is 6.64. The second-order valence-corrected chi connectivity index (χ2v) is 15.6. The first-order valence-electron chi connectivity index (χ1n) is 20.3. The van der Waals surface area contributed by atoms with Crippen molar-refractivity contribution in [1.82, 2.24) is 0 Å². The largest absolute Gasteiger partial charge is 0.456 e. The van der Waals surface area contributed by atoms with E-state index in [0.717, 1.165) is 50.1 Å². The fourth-order valence-electron chi connectivity index (χ4n) is 10.1. The molecule has 2 heteroatoms. The number of benzene rings is 10. The third-order valence-electron chi connectivity index (χ3n) is 12.5. The van der Waals surface area contributed by atoms with E-state index in [4.69, 9.17) is 4.42 Å². The molecule has 0 N–H and O–H groups in total. The number of para-hydroxylation sites is 1. The fourth-order valence-corrected chi connectivity index (χ4v) is 10.1. The van der Waals surface area contributed by atoms with Crippen molar-refractivity contribution in [3.63, 3.8) is 0 Å². The van der Waals surface area contributed by atoms with Crippen LogP contribution in [0.1, 0.15) is 22.3 Å². The van der Waals surface area contributed by atoms with E-state index in [9.17, 15) is 0 Å². The molecule has 0 spiro atoms. The van der Waals surface area contributed by atoms with Crippen LogP contribution < -0.4 is 4.90 Å². The van der Waals surface area contributed by atoms with Gasteiger partial charge in [0.05, 0.1) is 22.5 Å². The van der Waals surface area contributed by atoms with E-state index in [1.54, 1.807) is 0 Å². The van der Waals surface area contributed by atoms with Crippen LogP contribution in [0.15, 0.2) is 229 Å². The lowest BCUT2D eigenvalue weighted by atomic mass is 9.68. The van der Waals surface area contributed by atoms with Gasteiger partial charge in [-0.3, -0.25) is 0 Å². The molecule has 1 heterocycles. The number of hydrogen-bond acceptors (Lipinski definition) is 2. The van der Waals surface area contributed by atoms with Crippen molar-refractivity contribution in [2.45, 2.75) is 5.41 Å². The van der Waals surface area contributed by atoms with Crippen LogP contribution in [0, 0.1) is 0 Å². The topological polar surface area (TPSA) is 16.4 Å². The molecule has 0 aliphatic heterocycles. The molecule has 0 unspecified atom stereocenters. The van der Waals surface area contributed by atoms with Crippen LogP contribution in [-0.2, 0) is 5.41 Å². The number of fused-ring (bicyclic) bond motifs is 8. The second kappa shape index (κ2) is 13.2. The van der Waals surface area contributed by atoms with Gasteiger partial charge in [-0.05, 0) is 85.9 Å². The lowest BCUT2D eigenvalue weighted by Crippen LogP contribution is -2.28. The van der Waals surface area contributed by atoms with E-state index < -0.39 is 5.41 Å². The molecule has 0 bridgehead atoms. The monoisotopic (exact) mass is 751 g/mol. The van der Waals surface area contributed by atoms with Crippen LogP contribution in [0.2, 0.25) is 0 Å². The Bertz CT molecular complexity index is 3350. The molecule has 0 fully saturated rings. The van der Waals surface area contributed by atoms with E-state index in [-0.39, 0.29) is 0 Å². The summed E-state index contributed by atoms with van der Waals surface area (Å²) < 4.78 is 6.64. The zero-order valence-corrected chi connectivity index (χ0v) is 32.2. The number of anilines is 3. The SMILES string of the molecule is c1ccc(C2(c3ccccc3)c3ccccc3-c3c(N(c4ccccc4-c4cccc5oc6cc7ccccc7cc6c45)c4cccc5ccccc45)cccc32)cc1. The minimum absolute atomic E-state index is 0.529. The highest BCUT2D eigenvalue weighted by molar-refractivity contribution is 6.17. The van der Waals surface area contributed by atoms with Gasteiger partial charge in [0, 0.05) is 27.3 Å². The summed E-state index contributed by atoms with van der Waals surface area (Å²) in [7, 11) is 0. The lowest BCUT2D eigenvalue weighted by molar-refractivity contribution is 0.669. The molecule has 0 radical (unpaired) electrons. The van der Waals surface area contributed by atoms with Crippen molar-refractivity contribution in [2.24, 2.45) is 0 Å². The van der Waals surface area contributed by atoms with Gasteiger partial charge in [-0.2, -0.15) is 0 Å². The highest BCUT2D eigenvalue weighted by atomic mass is 16.3. The van der Waals surface area contributed by atoms with E-state index >= 15 is 0 Å². The normalized spacial score (nSPS) is 12.9. The molecule has 12 rings (SSSR count). The summed E-state index contributed by atoms with van der Waals surface area (Å²) in [5, 5.41) is 6.98. The average molecular weight is 752 g/mol. The van der Waals surface area contributed by atoms with Gasteiger partial charge in [-0.1, -0.05) is 188 Å². The number of furan rings is 1. The molecular formula is C57H37NO. The molecule has 0 saturated heterocycles. The lowest BCUT2D eigenvalue weighted by Gasteiger charge is -2.35. The van der Waals surface area contributed by atoms with Crippen molar-refractivity contribution in [2.75, 3.05) is 4.90 Å². The smallest absolute Gasteiger partial charge is 0.136 e. The van der Waals surface area contributed by atoms with E-state index in [1.165, 1.54) is 54.9 Å². The van der Waals surface area contributed by atoms with Crippen LogP contribution in [0.3, 0.4) is 0 Å². The third kappa shape index (κ3) is 4.93. The van der Waals surface area contributed by atoms with Gasteiger partial charge in [0.1, 0.15) is 11.2 Å². The van der Waals surface area contributed by atoms with Gasteiger partial charge in [-0.25, -0.2) is 0 Å². The molecule has 10 aromatic carbocycles. The zero-order valence-electron chi connectivity index (χ0n) is 32.2. The molecule has 276 valence electrons. The Hall–Kier alpha value is -7.68. The Labute approximate surface area is 342 Å². The summed E-state index contributed by atoms with van der Waals surface area (Å²) in [5.74, 6) is 0. The number of hydrogen-bond donors (Lipinski definition) is 0. The summed E-state index contributed by atoms with van der Waals surface area (Å²) in [6.07, 6.45) is 0. The van der Waals surface area contributed by atoms with Crippen molar-refractivity contribution in [1.29, 1.82) is 0 Å². The Balaban J connectivity index is 1.19. The Morgan fingerprint density at radius 1 is 0.339 bits per heavy atom. The minimum atomic E-state index is -0.529. The molecule has 59 heavy (non-hydrogen) atoms. The number of nitrogens with zero attached hydrogens (tertiary/aromatic N) is 1. The zero-order chi connectivity index (χ0) is 38.9. The van der Waals surface area contributed by atoms with Gasteiger partial charge < -0.3 is 9.32 Å². The predicted molar refractivity (Wildman–Crippen MR) is 246 cm³/mol. The first-order chi connectivity index (χ1) is 29.3. The van der Waals surface area contributed by atoms with E-state index in [2.05, 4.69) is 229 Å². The molecule has 1 aliphatic rings. The van der Waals surface area contributed by atoms with Gasteiger partial charge in [-0.15, -0.1) is 0 Å². The van der Waals surface area contributed by atoms with Crippen LogP contribution in [0.4, 0.5) is 17.1 Å². The van der Waals surface area contributed by atoms with Crippen molar-refractivity contribution in [3.8, 4) is 22.3 Å². The third-order valence-corrected chi connectivity index (χ3v) is 12.5. The maximum Gasteiger partial charge on any atom is 0.136 e. The van der Waals surface area contributed by atoms with Gasteiger partial charge in [0.15, 0.2) is 0 Å². The Morgan fingerprint density at radius 3 is 1.68 bits per heavy atom. The molecule has 11 aromatic rings. The first kappa shape index (κ1) is 33.5. The highest BCUT2D eigenvalue weighted by Gasteiger charge is 2.47. The predicted octanol–water partition coefficient (Wildman–Crippen LogP) is 15.4. The van der Waals surface area contributed by atoms with Crippen LogP contribution in [0.25, 0.3) is 65.7 Å². The fraction of sp³-hybridized carbons (Fsp3) is 0.0175. The van der Waals surface area contributed by atoms with Crippen molar-refractivity contribution < 1.29 is 4.42 Å². The van der Waals surface area contributed by atoms with E-state index in [0.29, 0.717) is 0 Å². The first-order valence-corrected chi connectivity index (χ1v) is 20.3. The Kier molecular flexibility index (Phi) is 7.48. The van der Waals surface area contributed by atoms with Crippen molar-refractivity contribution >= 4 is 60.5 Å². The highest BCUT2D eigenvalue weighted by Crippen LogP contribution is 2.60. The number of rotatable bonds is 6. The molecule has 0 saturated carbocycles. The van der Waals surface area contributed by atoms with Crippen molar-refractivity contribution in [3.05, 3.63) is 247 Å². The average Bonchev–Trinajstić information content (AvgIpc) is 3.83. The Morgan fingerprint density at radius 2 is 0.881 bits per heavy atom. The summed E-state index contributed by atoms with van der Waals surface area (Å²) in [6.45, 7) is 0. The second-order valence-electron chi connectivity index (χ2n) is 15.6. The van der Waals surface area contributed by atoms with Gasteiger partial charge >= 0.3 is 0 Å². The summed E-state index contributed by atoms with van der Waals surface area (Å²) >= 11 is 0. The quantitative estimate of drug-likeness (QED) is 0.168. The minimum Gasteiger partial charge on any atom is -0.456 e. The molecule has 1 aromatic heterocycles.